The Bertz CT molecular complexity index is 547. The van der Waals surface area contributed by atoms with Gasteiger partial charge in [0.2, 0.25) is 0 Å². The average molecular weight is 272 g/mol. The second-order valence-electron chi connectivity index (χ2n) is 3.72. The molecular weight excluding hydrogens is 261 g/mol. The van der Waals surface area contributed by atoms with E-state index in [1.54, 1.807) is 18.2 Å². The molecule has 1 aromatic carbocycles. The lowest BCUT2D eigenvalue weighted by atomic mass is 10.3. The van der Waals surface area contributed by atoms with Crippen molar-refractivity contribution >= 4 is 40.1 Å². The Kier molecular flexibility index (Phi) is 3.66. The van der Waals surface area contributed by atoms with Crippen LogP contribution < -0.4 is 5.32 Å². The maximum absolute atomic E-state index is 8.97. The maximum Gasteiger partial charge on any atom is 0.172 e. The molecule has 0 spiro atoms. The zero-order chi connectivity index (χ0) is 12.4. The van der Waals surface area contributed by atoms with Crippen LogP contribution in [0.3, 0.4) is 0 Å². The molecule has 1 unspecified atom stereocenters. The summed E-state index contributed by atoms with van der Waals surface area (Å²) in [5.41, 5.74) is 1.34. The lowest BCUT2D eigenvalue weighted by Crippen LogP contribution is -2.20. The van der Waals surface area contributed by atoms with Gasteiger partial charge in [0.05, 0.1) is 17.6 Å². The number of halogens is 2. The molecule has 0 fully saturated rings. The molecule has 2 rings (SSSR count). The Morgan fingerprint density at radius 3 is 2.76 bits per heavy atom. The minimum absolute atomic E-state index is 0.00834. The van der Waals surface area contributed by atoms with E-state index in [9.17, 15) is 0 Å². The molecule has 17 heavy (non-hydrogen) atoms. The third-order valence-electron chi connectivity index (χ3n) is 2.24. The Morgan fingerprint density at radius 2 is 2.06 bits per heavy atom. The highest BCUT2D eigenvalue weighted by Gasteiger charge is 2.09. The van der Waals surface area contributed by atoms with Crippen molar-refractivity contribution in [2.45, 2.75) is 13.0 Å². The van der Waals surface area contributed by atoms with E-state index in [0.29, 0.717) is 21.9 Å². The van der Waals surface area contributed by atoms with Crippen LogP contribution in [0.4, 0.5) is 5.82 Å². The van der Waals surface area contributed by atoms with Gasteiger partial charge in [0.25, 0.3) is 0 Å². The number of nitrogens with zero attached hydrogens (tertiary/aromatic N) is 2. The molecule has 6 heteroatoms. The van der Waals surface area contributed by atoms with Crippen molar-refractivity contribution in [1.82, 2.24) is 9.97 Å². The van der Waals surface area contributed by atoms with Gasteiger partial charge in [-0.3, -0.25) is 0 Å². The summed E-state index contributed by atoms with van der Waals surface area (Å²) in [5, 5.41) is 12.8. The summed E-state index contributed by atoms with van der Waals surface area (Å²) in [5.74, 6) is 0.447. The van der Waals surface area contributed by atoms with Crippen molar-refractivity contribution in [2.75, 3.05) is 11.9 Å². The molecule has 0 aliphatic carbocycles. The summed E-state index contributed by atoms with van der Waals surface area (Å²) in [6, 6.07) is 5.07. The molecule has 0 saturated heterocycles. The van der Waals surface area contributed by atoms with Crippen molar-refractivity contribution in [3.8, 4) is 0 Å². The van der Waals surface area contributed by atoms with Crippen molar-refractivity contribution in [3.05, 3.63) is 28.4 Å². The van der Waals surface area contributed by atoms with Crippen LogP contribution in [0.25, 0.3) is 11.0 Å². The minimum atomic E-state index is -0.140. The highest BCUT2D eigenvalue weighted by Crippen LogP contribution is 2.23. The van der Waals surface area contributed by atoms with Gasteiger partial charge in [0.1, 0.15) is 0 Å². The monoisotopic (exact) mass is 271 g/mol. The normalized spacial score (nSPS) is 12.7. The highest BCUT2D eigenvalue weighted by molar-refractivity contribution is 6.32. The van der Waals surface area contributed by atoms with Gasteiger partial charge in [-0.15, -0.1) is 0 Å². The predicted octanol–water partition coefficient (Wildman–Crippen LogP) is 2.73. The smallest absolute Gasteiger partial charge is 0.172 e. The summed E-state index contributed by atoms with van der Waals surface area (Å²) >= 11 is 11.9. The standard InChI is InChI=1S/C11H11Cl2N3O/c1-6(5-17)14-11-10(13)15-8-3-2-7(12)4-9(8)16-11/h2-4,6,17H,5H2,1H3,(H,14,16). The molecule has 0 aliphatic rings. The number of nitrogens with one attached hydrogen (secondary N) is 1. The van der Waals surface area contributed by atoms with Crippen LogP contribution in [-0.2, 0) is 0 Å². The van der Waals surface area contributed by atoms with Gasteiger partial charge in [0, 0.05) is 11.1 Å². The number of hydrogen-bond acceptors (Lipinski definition) is 4. The zero-order valence-corrected chi connectivity index (χ0v) is 10.6. The lowest BCUT2D eigenvalue weighted by molar-refractivity contribution is 0.281. The van der Waals surface area contributed by atoms with E-state index >= 15 is 0 Å². The highest BCUT2D eigenvalue weighted by atomic mass is 35.5. The molecule has 0 amide bonds. The topological polar surface area (TPSA) is 58.0 Å². The molecule has 4 nitrogen and oxygen atoms in total. The quantitative estimate of drug-likeness (QED) is 0.902. The van der Waals surface area contributed by atoms with Crippen LogP contribution in [0.2, 0.25) is 10.2 Å². The van der Waals surface area contributed by atoms with Crippen LogP contribution in [-0.4, -0.2) is 27.7 Å². The number of aliphatic hydroxyl groups is 1. The summed E-state index contributed by atoms with van der Waals surface area (Å²) in [4.78, 5) is 8.53. The molecule has 1 heterocycles. The fraction of sp³-hybridized carbons (Fsp3) is 0.273. The largest absolute Gasteiger partial charge is 0.394 e. The third kappa shape index (κ3) is 2.77. The maximum atomic E-state index is 8.97. The van der Waals surface area contributed by atoms with E-state index in [4.69, 9.17) is 28.3 Å². The van der Waals surface area contributed by atoms with E-state index in [1.165, 1.54) is 0 Å². The van der Waals surface area contributed by atoms with Crippen LogP contribution in [0.1, 0.15) is 6.92 Å². The van der Waals surface area contributed by atoms with Crippen molar-refractivity contribution in [2.24, 2.45) is 0 Å². The molecule has 1 aromatic heterocycles. The Labute approximate surface area is 109 Å². The first kappa shape index (κ1) is 12.4. The SMILES string of the molecule is CC(CO)Nc1nc2cc(Cl)ccc2nc1Cl. The molecule has 2 N–H and O–H groups in total. The number of fused-ring (bicyclic) bond motifs is 1. The van der Waals surface area contributed by atoms with Gasteiger partial charge >= 0.3 is 0 Å². The number of benzene rings is 1. The van der Waals surface area contributed by atoms with E-state index in [2.05, 4.69) is 15.3 Å². The number of anilines is 1. The Morgan fingerprint density at radius 1 is 1.29 bits per heavy atom. The number of rotatable bonds is 3. The second-order valence-corrected chi connectivity index (χ2v) is 4.52. The fourth-order valence-electron chi connectivity index (χ4n) is 1.38. The van der Waals surface area contributed by atoms with Gasteiger partial charge in [-0.1, -0.05) is 23.2 Å². The fourth-order valence-corrected chi connectivity index (χ4v) is 1.73. The van der Waals surface area contributed by atoms with E-state index in [0.717, 1.165) is 0 Å². The van der Waals surface area contributed by atoms with E-state index < -0.39 is 0 Å². The lowest BCUT2D eigenvalue weighted by Gasteiger charge is -2.12. The Hall–Kier alpha value is -1.10. The van der Waals surface area contributed by atoms with E-state index in [-0.39, 0.29) is 17.8 Å². The Balaban J connectivity index is 2.46. The first-order valence-corrected chi connectivity index (χ1v) is 5.86. The molecule has 2 aromatic rings. The summed E-state index contributed by atoms with van der Waals surface area (Å²) in [6.07, 6.45) is 0. The van der Waals surface area contributed by atoms with Crippen molar-refractivity contribution in [3.63, 3.8) is 0 Å². The molecule has 0 aliphatic heterocycles. The van der Waals surface area contributed by atoms with Gasteiger partial charge in [-0.25, -0.2) is 9.97 Å². The van der Waals surface area contributed by atoms with Crippen LogP contribution in [0, 0.1) is 0 Å². The zero-order valence-electron chi connectivity index (χ0n) is 9.11. The van der Waals surface area contributed by atoms with Crippen LogP contribution >= 0.6 is 23.2 Å². The van der Waals surface area contributed by atoms with Gasteiger partial charge < -0.3 is 10.4 Å². The van der Waals surface area contributed by atoms with Gasteiger partial charge in [-0.2, -0.15) is 0 Å². The third-order valence-corrected chi connectivity index (χ3v) is 2.74. The summed E-state index contributed by atoms with van der Waals surface area (Å²) in [7, 11) is 0. The van der Waals surface area contributed by atoms with E-state index in [1.807, 2.05) is 6.92 Å². The molecule has 0 bridgehead atoms. The molecular formula is C11H11Cl2N3O. The first-order chi connectivity index (χ1) is 8.10. The molecule has 0 saturated carbocycles. The number of hydrogen-bond donors (Lipinski definition) is 2. The molecule has 90 valence electrons. The molecule has 0 radical (unpaired) electrons. The number of aromatic nitrogens is 2. The predicted molar refractivity (Wildman–Crippen MR) is 69.7 cm³/mol. The van der Waals surface area contributed by atoms with Crippen LogP contribution in [0.5, 0.6) is 0 Å². The second kappa shape index (κ2) is 5.04. The van der Waals surface area contributed by atoms with Crippen LogP contribution in [0.15, 0.2) is 18.2 Å². The molecule has 1 atom stereocenters. The minimum Gasteiger partial charge on any atom is -0.394 e. The van der Waals surface area contributed by atoms with Crippen molar-refractivity contribution < 1.29 is 5.11 Å². The average Bonchev–Trinajstić information content (AvgIpc) is 2.30. The summed E-state index contributed by atoms with van der Waals surface area (Å²) < 4.78 is 0. The number of aliphatic hydroxyl groups excluding tert-OH is 1. The van der Waals surface area contributed by atoms with Gasteiger partial charge in [-0.05, 0) is 25.1 Å². The summed E-state index contributed by atoms with van der Waals surface area (Å²) in [6.45, 7) is 1.81. The first-order valence-electron chi connectivity index (χ1n) is 5.10. The van der Waals surface area contributed by atoms with Crippen molar-refractivity contribution in [1.29, 1.82) is 0 Å². The van der Waals surface area contributed by atoms with Gasteiger partial charge in [0.15, 0.2) is 11.0 Å².